The van der Waals surface area contributed by atoms with Gasteiger partial charge in [0.15, 0.2) is 0 Å². The summed E-state index contributed by atoms with van der Waals surface area (Å²) in [6.45, 7) is 3.02. The van der Waals surface area contributed by atoms with E-state index in [4.69, 9.17) is 5.73 Å². The summed E-state index contributed by atoms with van der Waals surface area (Å²) in [7, 11) is 0. The Labute approximate surface area is 82.2 Å². The number of hydrogen-bond acceptors (Lipinski definition) is 2. The molecular weight excluding hydrogens is 193 g/mol. The van der Waals surface area contributed by atoms with Crippen LogP contribution in [0.3, 0.4) is 0 Å². The second-order valence-corrected chi connectivity index (χ2v) is 4.04. The van der Waals surface area contributed by atoms with E-state index in [2.05, 4.69) is 0 Å². The van der Waals surface area contributed by atoms with Crippen molar-refractivity contribution in [2.75, 3.05) is 13.1 Å². The fraction of sp³-hybridized carbons (Fsp3) is 1.00. The number of rotatable bonds is 2. The van der Waals surface area contributed by atoms with E-state index in [9.17, 15) is 13.2 Å². The smallest absolute Gasteiger partial charge is 0.328 e. The molecule has 1 aliphatic heterocycles. The lowest BCUT2D eigenvalue weighted by Gasteiger charge is -2.35. The third-order valence-corrected chi connectivity index (χ3v) is 2.72. The minimum atomic E-state index is -4.06. The molecule has 0 aromatic rings. The molecule has 1 rings (SSSR count). The number of halogens is 3. The molecule has 2 N–H and O–H groups in total. The van der Waals surface area contributed by atoms with Gasteiger partial charge in [0.1, 0.15) is 0 Å². The molecule has 0 aromatic heterocycles. The summed E-state index contributed by atoms with van der Waals surface area (Å²) in [5.74, 6) is 0. The van der Waals surface area contributed by atoms with Crippen molar-refractivity contribution in [2.24, 2.45) is 5.73 Å². The van der Waals surface area contributed by atoms with E-state index in [1.165, 1.54) is 0 Å². The van der Waals surface area contributed by atoms with Crippen molar-refractivity contribution in [3.05, 3.63) is 0 Å². The molecule has 1 fully saturated rings. The number of nitrogens with two attached hydrogens (primary N) is 1. The monoisotopic (exact) mass is 210 g/mol. The maximum Gasteiger partial charge on any atom is 0.390 e. The molecule has 0 bridgehead atoms. The van der Waals surface area contributed by atoms with Gasteiger partial charge in [-0.1, -0.05) is 0 Å². The second kappa shape index (κ2) is 4.49. The van der Waals surface area contributed by atoms with E-state index in [0.717, 1.165) is 12.8 Å². The fourth-order valence-corrected chi connectivity index (χ4v) is 1.82. The van der Waals surface area contributed by atoms with E-state index >= 15 is 0 Å². The average molecular weight is 210 g/mol. The van der Waals surface area contributed by atoms with E-state index in [1.807, 2.05) is 4.90 Å². The topological polar surface area (TPSA) is 29.3 Å². The Kier molecular flexibility index (Phi) is 3.78. The minimum Gasteiger partial charge on any atom is -0.328 e. The zero-order chi connectivity index (χ0) is 10.8. The molecule has 84 valence electrons. The van der Waals surface area contributed by atoms with Gasteiger partial charge in [-0.15, -0.1) is 0 Å². The van der Waals surface area contributed by atoms with E-state index in [1.54, 1.807) is 6.92 Å². The number of likely N-dealkylation sites (tertiary alicyclic amines) is 1. The van der Waals surface area contributed by atoms with Crippen molar-refractivity contribution < 1.29 is 13.2 Å². The second-order valence-electron chi connectivity index (χ2n) is 4.04. The molecule has 1 aliphatic rings. The highest BCUT2D eigenvalue weighted by atomic mass is 19.4. The van der Waals surface area contributed by atoms with Gasteiger partial charge in [0.2, 0.25) is 0 Å². The van der Waals surface area contributed by atoms with Gasteiger partial charge in [-0.25, -0.2) is 0 Å². The van der Waals surface area contributed by atoms with E-state index < -0.39 is 18.6 Å². The van der Waals surface area contributed by atoms with Crippen LogP contribution in [-0.2, 0) is 0 Å². The van der Waals surface area contributed by atoms with Gasteiger partial charge in [0.25, 0.3) is 0 Å². The van der Waals surface area contributed by atoms with Crippen molar-refractivity contribution in [1.29, 1.82) is 0 Å². The van der Waals surface area contributed by atoms with Crippen LogP contribution >= 0.6 is 0 Å². The third kappa shape index (κ3) is 3.84. The number of nitrogens with zero attached hydrogens (tertiary/aromatic N) is 1. The number of piperidine rings is 1. The average Bonchev–Trinajstić information content (AvgIpc) is 2.02. The minimum absolute atomic E-state index is 0.171. The molecule has 5 heteroatoms. The van der Waals surface area contributed by atoms with Gasteiger partial charge in [-0.3, -0.25) is 0 Å². The molecule has 14 heavy (non-hydrogen) atoms. The first-order valence-corrected chi connectivity index (χ1v) is 4.95. The highest BCUT2D eigenvalue weighted by molar-refractivity contribution is 4.78. The molecule has 0 amide bonds. The Balaban J connectivity index is 2.34. The van der Waals surface area contributed by atoms with Gasteiger partial charge in [0.05, 0.1) is 6.42 Å². The summed E-state index contributed by atoms with van der Waals surface area (Å²) in [6, 6.07) is -0.244. The summed E-state index contributed by atoms with van der Waals surface area (Å²) < 4.78 is 36.3. The molecule has 0 radical (unpaired) electrons. The van der Waals surface area contributed by atoms with Crippen LogP contribution in [0.25, 0.3) is 0 Å². The Morgan fingerprint density at radius 3 is 2.29 bits per heavy atom. The highest BCUT2D eigenvalue weighted by Crippen LogP contribution is 2.25. The Morgan fingerprint density at radius 2 is 1.86 bits per heavy atom. The van der Waals surface area contributed by atoms with E-state index in [-0.39, 0.29) is 6.04 Å². The van der Waals surface area contributed by atoms with Crippen LogP contribution in [0.1, 0.15) is 26.2 Å². The first-order valence-electron chi connectivity index (χ1n) is 4.95. The Hall–Kier alpha value is -0.290. The predicted octanol–water partition coefficient (Wildman–Crippen LogP) is 1.75. The normalized spacial score (nSPS) is 23.8. The van der Waals surface area contributed by atoms with Crippen LogP contribution in [0.15, 0.2) is 0 Å². The van der Waals surface area contributed by atoms with Crippen molar-refractivity contribution >= 4 is 0 Å². The molecule has 1 saturated heterocycles. The zero-order valence-corrected chi connectivity index (χ0v) is 8.35. The van der Waals surface area contributed by atoms with Crippen LogP contribution in [0.4, 0.5) is 13.2 Å². The van der Waals surface area contributed by atoms with Crippen LogP contribution in [0.5, 0.6) is 0 Å². The molecule has 0 spiro atoms. The van der Waals surface area contributed by atoms with Crippen molar-refractivity contribution in [2.45, 2.75) is 44.4 Å². The van der Waals surface area contributed by atoms with Gasteiger partial charge in [-0.05, 0) is 32.9 Å². The molecule has 1 heterocycles. The quantitative estimate of drug-likeness (QED) is 0.752. The van der Waals surface area contributed by atoms with Crippen LogP contribution in [0, 0.1) is 0 Å². The van der Waals surface area contributed by atoms with Crippen LogP contribution in [0.2, 0.25) is 0 Å². The number of alkyl halides is 3. The summed E-state index contributed by atoms with van der Waals surface area (Å²) >= 11 is 0. The number of hydrogen-bond donors (Lipinski definition) is 1. The SMILES string of the molecule is CC(CC(F)(F)F)N1CCC(N)CC1. The standard InChI is InChI=1S/C9H17F3N2/c1-7(6-9(10,11)12)14-4-2-8(13)3-5-14/h7-8H,2-6,13H2,1H3. The third-order valence-electron chi connectivity index (χ3n) is 2.72. The molecule has 0 aliphatic carbocycles. The summed E-state index contributed by atoms with van der Waals surface area (Å²) in [4.78, 5) is 1.87. The van der Waals surface area contributed by atoms with Gasteiger partial charge >= 0.3 is 6.18 Å². The van der Waals surface area contributed by atoms with Crippen LogP contribution < -0.4 is 5.73 Å². The van der Waals surface area contributed by atoms with Crippen LogP contribution in [-0.4, -0.2) is 36.2 Å². The van der Waals surface area contributed by atoms with Gasteiger partial charge in [0, 0.05) is 12.1 Å². The first-order chi connectivity index (χ1) is 6.38. The zero-order valence-electron chi connectivity index (χ0n) is 8.35. The van der Waals surface area contributed by atoms with Gasteiger partial charge in [-0.2, -0.15) is 13.2 Å². The molecule has 2 nitrogen and oxygen atoms in total. The highest BCUT2D eigenvalue weighted by Gasteiger charge is 2.33. The van der Waals surface area contributed by atoms with Crippen molar-refractivity contribution in [3.8, 4) is 0 Å². The largest absolute Gasteiger partial charge is 0.390 e. The molecule has 0 saturated carbocycles. The van der Waals surface area contributed by atoms with E-state index in [0.29, 0.717) is 13.1 Å². The van der Waals surface area contributed by atoms with Crippen molar-refractivity contribution in [3.63, 3.8) is 0 Å². The predicted molar refractivity (Wildman–Crippen MR) is 48.9 cm³/mol. The van der Waals surface area contributed by atoms with Gasteiger partial charge < -0.3 is 10.6 Å². The fourth-order valence-electron chi connectivity index (χ4n) is 1.82. The Morgan fingerprint density at radius 1 is 1.36 bits per heavy atom. The molecular formula is C9H17F3N2. The Bertz CT molecular complexity index is 173. The molecule has 1 unspecified atom stereocenters. The molecule has 1 atom stereocenters. The summed E-state index contributed by atoms with van der Waals surface area (Å²) in [5.41, 5.74) is 5.68. The lowest BCUT2D eigenvalue weighted by molar-refractivity contribution is -0.146. The lowest BCUT2D eigenvalue weighted by Crippen LogP contribution is -2.45. The summed E-state index contributed by atoms with van der Waals surface area (Å²) in [5, 5.41) is 0. The van der Waals surface area contributed by atoms with Crippen molar-refractivity contribution in [1.82, 2.24) is 4.90 Å². The molecule has 0 aromatic carbocycles. The maximum atomic E-state index is 12.1. The maximum absolute atomic E-state index is 12.1. The lowest BCUT2D eigenvalue weighted by atomic mass is 10.0. The summed E-state index contributed by atoms with van der Waals surface area (Å²) in [6.07, 6.45) is -3.16. The first kappa shape index (κ1) is 11.8.